The maximum absolute atomic E-state index is 4.83. The monoisotopic (exact) mass is 344 g/mol. The number of para-hydroxylation sites is 1. The number of hydrogen-bond donors (Lipinski definition) is 0. The van der Waals surface area contributed by atoms with E-state index in [2.05, 4.69) is 65.3 Å². The zero-order chi connectivity index (χ0) is 17.5. The van der Waals surface area contributed by atoms with Gasteiger partial charge in [-0.1, -0.05) is 25.1 Å². The number of fused-ring (bicyclic) bond motifs is 1. The van der Waals surface area contributed by atoms with Gasteiger partial charge in [-0.25, -0.2) is 4.98 Å². The first-order chi connectivity index (χ1) is 12.8. The third-order valence-electron chi connectivity index (χ3n) is 5.76. The molecule has 0 saturated carbocycles. The molecule has 1 atom stereocenters. The fourth-order valence-electron chi connectivity index (χ4n) is 4.21. The van der Waals surface area contributed by atoms with E-state index in [-0.39, 0.29) is 0 Å². The minimum absolute atomic E-state index is 0.496. The predicted octanol–water partition coefficient (Wildman–Crippen LogP) is 4.08. The molecule has 0 spiro atoms. The fourth-order valence-corrected chi connectivity index (χ4v) is 4.21. The molecule has 0 aliphatic carbocycles. The van der Waals surface area contributed by atoms with Gasteiger partial charge in [-0.15, -0.1) is 0 Å². The molecule has 2 fully saturated rings. The Morgan fingerprint density at radius 3 is 2.65 bits per heavy atom. The molecule has 0 bridgehead atoms. The second-order valence-electron chi connectivity index (χ2n) is 7.71. The smallest absolute Gasteiger partial charge is 0.129 e. The molecule has 4 heterocycles. The summed E-state index contributed by atoms with van der Waals surface area (Å²) in [4.78, 5) is 14.5. The van der Waals surface area contributed by atoms with Crippen LogP contribution in [0.15, 0.2) is 54.7 Å². The number of hydrogen-bond acceptors (Lipinski definition) is 4. The summed E-state index contributed by atoms with van der Waals surface area (Å²) in [6.07, 6.45) is 3.22. The van der Waals surface area contributed by atoms with Crippen molar-refractivity contribution in [3.63, 3.8) is 0 Å². The first-order valence-corrected chi connectivity index (χ1v) is 9.58. The second kappa shape index (κ2) is 6.27. The molecular weight excluding hydrogens is 320 g/mol. The van der Waals surface area contributed by atoms with Crippen LogP contribution in [0.1, 0.15) is 25.0 Å². The van der Waals surface area contributed by atoms with Crippen molar-refractivity contribution in [2.24, 2.45) is 5.92 Å². The van der Waals surface area contributed by atoms with Crippen molar-refractivity contribution in [3.05, 3.63) is 60.4 Å². The van der Waals surface area contributed by atoms with Gasteiger partial charge in [-0.2, -0.15) is 0 Å². The number of benzene rings is 1. The van der Waals surface area contributed by atoms with Gasteiger partial charge >= 0.3 is 0 Å². The number of nitrogens with zero attached hydrogens (tertiary/aromatic N) is 4. The van der Waals surface area contributed by atoms with Crippen molar-refractivity contribution in [2.75, 3.05) is 36.0 Å². The molecule has 2 aliphatic heterocycles. The molecule has 3 aromatic rings. The molecule has 132 valence electrons. The zero-order valence-electron chi connectivity index (χ0n) is 15.2. The number of anilines is 2. The van der Waals surface area contributed by atoms with Crippen LogP contribution in [0.4, 0.5) is 11.5 Å². The largest absolute Gasteiger partial charge is 0.370 e. The maximum Gasteiger partial charge on any atom is 0.129 e. The van der Waals surface area contributed by atoms with Crippen LogP contribution < -0.4 is 9.80 Å². The molecule has 4 nitrogen and oxygen atoms in total. The van der Waals surface area contributed by atoms with E-state index in [1.807, 2.05) is 6.20 Å². The summed E-state index contributed by atoms with van der Waals surface area (Å²) >= 11 is 0. The lowest BCUT2D eigenvalue weighted by atomic mass is 9.94. The molecule has 2 aliphatic rings. The molecule has 0 amide bonds. The van der Waals surface area contributed by atoms with E-state index in [0.717, 1.165) is 43.4 Å². The van der Waals surface area contributed by atoms with Gasteiger partial charge in [-0.3, -0.25) is 4.98 Å². The first kappa shape index (κ1) is 15.6. The minimum Gasteiger partial charge on any atom is -0.370 e. The number of rotatable bonds is 3. The number of aromatic nitrogens is 2. The molecule has 0 N–H and O–H groups in total. The molecule has 4 heteroatoms. The Kier molecular flexibility index (Phi) is 3.77. The van der Waals surface area contributed by atoms with Crippen LogP contribution in [0.25, 0.3) is 10.9 Å². The van der Waals surface area contributed by atoms with Crippen molar-refractivity contribution < 1.29 is 0 Å². The van der Waals surface area contributed by atoms with Crippen molar-refractivity contribution >= 4 is 22.4 Å². The van der Waals surface area contributed by atoms with E-state index in [1.54, 1.807) is 0 Å². The van der Waals surface area contributed by atoms with Crippen LogP contribution in [0.2, 0.25) is 0 Å². The standard InChI is InChI=1S/C22H24N4/c1-16-10-12-25(13-16)20-7-4-11-23-22(20)18-14-26(15-18)21-9-8-17-5-2-3-6-19(17)24-21/h2-9,11,16,18H,10,12-15H2,1H3/t16-/m1/s1. The highest BCUT2D eigenvalue weighted by atomic mass is 15.2. The van der Waals surface area contributed by atoms with Crippen LogP contribution in [0.3, 0.4) is 0 Å². The Hall–Kier alpha value is -2.62. The Morgan fingerprint density at radius 1 is 0.923 bits per heavy atom. The van der Waals surface area contributed by atoms with E-state index >= 15 is 0 Å². The van der Waals surface area contributed by atoms with Crippen molar-refractivity contribution in [1.29, 1.82) is 0 Å². The van der Waals surface area contributed by atoms with Gasteiger partial charge in [0.15, 0.2) is 0 Å². The van der Waals surface area contributed by atoms with Crippen LogP contribution in [-0.4, -0.2) is 36.1 Å². The minimum atomic E-state index is 0.496. The lowest BCUT2D eigenvalue weighted by Gasteiger charge is -2.41. The first-order valence-electron chi connectivity index (χ1n) is 9.58. The van der Waals surface area contributed by atoms with Crippen molar-refractivity contribution in [2.45, 2.75) is 19.3 Å². The Morgan fingerprint density at radius 2 is 1.81 bits per heavy atom. The SMILES string of the molecule is C[C@@H]1CCN(c2cccnc2C2CN(c3ccc4ccccc4n3)C2)C1. The summed E-state index contributed by atoms with van der Waals surface area (Å²) in [5.41, 5.74) is 3.67. The molecular formula is C22H24N4. The van der Waals surface area contributed by atoms with Gasteiger partial charge < -0.3 is 9.80 Å². The highest BCUT2D eigenvalue weighted by Gasteiger charge is 2.33. The van der Waals surface area contributed by atoms with Crippen molar-refractivity contribution in [3.8, 4) is 0 Å². The average Bonchev–Trinajstić information content (AvgIpc) is 3.07. The number of pyridine rings is 2. The summed E-state index contributed by atoms with van der Waals surface area (Å²) in [6, 6.07) is 16.9. The van der Waals surface area contributed by atoms with Crippen molar-refractivity contribution in [1.82, 2.24) is 9.97 Å². The van der Waals surface area contributed by atoms with Gasteiger partial charge in [0.25, 0.3) is 0 Å². The topological polar surface area (TPSA) is 32.3 Å². The summed E-state index contributed by atoms with van der Waals surface area (Å²) in [5.74, 6) is 2.35. The zero-order valence-corrected chi connectivity index (χ0v) is 15.2. The summed E-state index contributed by atoms with van der Waals surface area (Å²) in [7, 11) is 0. The summed E-state index contributed by atoms with van der Waals surface area (Å²) < 4.78 is 0. The van der Waals surface area contributed by atoms with E-state index in [1.165, 1.54) is 23.2 Å². The summed E-state index contributed by atoms with van der Waals surface area (Å²) in [6.45, 7) is 6.65. The third-order valence-corrected chi connectivity index (χ3v) is 5.76. The second-order valence-corrected chi connectivity index (χ2v) is 7.71. The Labute approximate surface area is 154 Å². The molecule has 1 aromatic carbocycles. The molecule has 2 saturated heterocycles. The van der Waals surface area contributed by atoms with Gasteiger partial charge in [-0.05, 0) is 42.7 Å². The van der Waals surface area contributed by atoms with E-state index in [4.69, 9.17) is 9.97 Å². The lowest BCUT2D eigenvalue weighted by molar-refractivity contribution is 0.509. The average molecular weight is 344 g/mol. The highest BCUT2D eigenvalue weighted by Crippen LogP contribution is 2.36. The third kappa shape index (κ3) is 2.70. The van der Waals surface area contributed by atoms with E-state index < -0.39 is 0 Å². The highest BCUT2D eigenvalue weighted by molar-refractivity contribution is 5.80. The quantitative estimate of drug-likeness (QED) is 0.717. The van der Waals surface area contributed by atoms with Crippen LogP contribution in [-0.2, 0) is 0 Å². The van der Waals surface area contributed by atoms with Crippen LogP contribution >= 0.6 is 0 Å². The molecule has 0 radical (unpaired) electrons. The molecule has 0 unspecified atom stereocenters. The lowest BCUT2D eigenvalue weighted by Crippen LogP contribution is -2.46. The van der Waals surface area contributed by atoms with E-state index in [9.17, 15) is 0 Å². The normalized spacial score (nSPS) is 20.6. The van der Waals surface area contributed by atoms with Crippen LogP contribution in [0.5, 0.6) is 0 Å². The fraction of sp³-hybridized carbons (Fsp3) is 0.364. The molecule has 2 aromatic heterocycles. The summed E-state index contributed by atoms with van der Waals surface area (Å²) in [5, 5.41) is 1.20. The van der Waals surface area contributed by atoms with E-state index in [0.29, 0.717) is 5.92 Å². The maximum atomic E-state index is 4.83. The predicted molar refractivity (Wildman–Crippen MR) is 107 cm³/mol. The Bertz CT molecular complexity index is 932. The molecule has 5 rings (SSSR count). The van der Waals surface area contributed by atoms with Gasteiger partial charge in [0.1, 0.15) is 5.82 Å². The van der Waals surface area contributed by atoms with Gasteiger partial charge in [0.05, 0.1) is 16.9 Å². The van der Waals surface area contributed by atoms with Gasteiger partial charge in [0.2, 0.25) is 0 Å². The molecule has 26 heavy (non-hydrogen) atoms. The van der Waals surface area contributed by atoms with Crippen LogP contribution in [0, 0.1) is 5.92 Å². The van der Waals surface area contributed by atoms with Gasteiger partial charge in [0, 0.05) is 43.7 Å². The Balaban J connectivity index is 1.35.